The summed E-state index contributed by atoms with van der Waals surface area (Å²) in [6, 6.07) is 17.7. The van der Waals surface area contributed by atoms with Gasteiger partial charge < -0.3 is 9.80 Å². The maximum Gasteiger partial charge on any atom is 0.261 e. The van der Waals surface area contributed by atoms with Gasteiger partial charge >= 0.3 is 0 Å². The molecule has 1 saturated heterocycles. The fourth-order valence-corrected chi connectivity index (χ4v) is 5.99. The Bertz CT molecular complexity index is 1320. The lowest BCUT2D eigenvalue weighted by molar-refractivity contribution is 0.0760. The second kappa shape index (κ2) is 9.68. The molecule has 0 radical (unpaired) electrons. The lowest BCUT2D eigenvalue weighted by Gasteiger charge is -2.23. The number of amides is 1. The van der Waals surface area contributed by atoms with Crippen molar-refractivity contribution in [2.24, 2.45) is 5.92 Å². The average molecular weight is 542 g/mol. The van der Waals surface area contributed by atoms with Crippen LogP contribution in [0.5, 0.6) is 0 Å². The Morgan fingerprint density at radius 3 is 2.53 bits per heavy atom. The highest BCUT2D eigenvalue weighted by Crippen LogP contribution is 2.30. The van der Waals surface area contributed by atoms with Crippen molar-refractivity contribution >= 4 is 48.3 Å². The summed E-state index contributed by atoms with van der Waals surface area (Å²) in [5, 5.41) is 1.83. The minimum absolute atomic E-state index is 0.0769. The number of nitrogens with zero attached hydrogens (tertiary/aromatic N) is 2. The highest BCUT2D eigenvalue weighted by molar-refractivity contribution is 9.10. The minimum Gasteiger partial charge on any atom is -0.337 e. The molecule has 3 aromatic carbocycles. The van der Waals surface area contributed by atoms with Crippen LogP contribution in [-0.2, 0) is 10.0 Å². The first kappa shape index (κ1) is 23.3. The SMILES string of the molecule is O=C(c1cc(NS(=O)(=O)c2ccc3ccccc3c2)ccc1Br)N1CCCN(CC2CC2)CC1. The molecule has 1 amide bonds. The van der Waals surface area contributed by atoms with Crippen LogP contribution in [0.2, 0.25) is 0 Å². The Morgan fingerprint density at radius 1 is 0.941 bits per heavy atom. The minimum atomic E-state index is -3.80. The molecule has 0 atom stereocenters. The largest absolute Gasteiger partial charge is 0.337 e. The number of benzene rings is 3. The molecule has 6 nitrogen and oxygen atoms in total. The molecule has 8 heteroatoms. The number of carbonyl (C=O) groups excluding carboxylic acids is 1. The van der Waals surface area contributed by atoms with Gasteiger partial charge in [-0.2, -0.15) is 0 Å². The molecule has 2 fully saturated rings. The van der Waals surface area contributed by atoms with Crippen LogP contribution in [0.15, 0.2) is 70.0 Å². The predicted molar refractivity (Wildman–Crippen MR) is 139 cm³/mol. The summed E-state index contributed by atoms with van der Waals surface area (Å²) in [5.41, 5.74) is 0.833. The standard InChI is InChI=1S/C26H28BrN3O3S/c27-25-11-9-22(28-34(32,33)23-10-8-20-4-1-2-5-21(20)16-23)17-24(25)26(31)30-13-3-12-29(14-15-30)18-19-6-7-19/h1-2,4-5,8-11,16-17,19,28H,3,6-7,12-15,18H2. The van der Waals surface area contributed by atoms with Crippen molar-refractivity contribution in [2.45, 2.75) is 24.2 Å². The number of carbonyl (C=O) groups is 1. The molecule has 34 heavy (non-hydrogen) atoms. The van der Waals surface area contributed by atoms with E-state index in [0.717, 1.165) is 42.7 Å². The quantitative estimate of drug-likeness (QED) is 0.478. The van der Waals surface area contributed by atoms with E-state index in [0.29, 0.717) is 28.8 Å². The number of nitrogens with one attached hydrogen (secondary N) is 1. The first-order valence-corrected chi connectivity index (χ1v) is 14.0. The zero-order chi connectivity index (χ0) is 23.7. The third-order valence-corrected chi connectivity index (χ3v) is 8.64. The Kier molecular flexibility index (Phi) is 6.64. The van der Waals surface area contributed by atoms with Crippen LogP contribution in [0.4, 0.5) is 5.69 Å². The van der Waals surface area contributed by atoms with Crippen LogP contribution in [0, 0.1) is 5.92 Å². The maximum atomic E-state index is 13.3. The number of hydrogen-bond acceptors (Lipinski definition) is 4. The van der Waals surface area contributed by atoms with Gasteiger partial charge in [-0.1, -0.05) is 30.3 Å². The molecular formula is C26H28BrN3O3S. The van der Waals surface area contributed by atoms with E-state index in [1.807, 2.05) is 29.2 Å². The second-order valence-corrected chi connectivity index (χ2v) is 11.7. The smallest absolute Gasteiger partial charge is 0.261 e. The van der Waals surface area contributed by atoms with E-state index < -0.39 is 10.0 Å². The summed E-state index contributed by atoms with van der Waals surface area (Å²) in [5.74, 6) is 0.760. The highest BCUT2D eigenvalue weighted by atomic mass is 79.9. The van der Waals surface area contributed by atoms with E-state index in [1.54, 1.807) is 36.4 Å². The van der Waals surface area contributed by atoms with E-state index >= 15 is 0 Å². The van der Waals surface area contributed by atoms with Crippen molar-refractivity contribution in [2.75, 3.05) is 37.4 Å². The summed E-state index contributed by atoms with van der Waals surface area (Å²) in [6.45, 7) is 4.43. The third kappa shape index (κ3) is 5.29. The van der Waals surface area contributed by atoms with Gasteiger partial charge in [-0.3, -0.25) is 9.52 Å². The van der Waals surface area contributed by atoms with Gasteiger partial charge in [0.1, 0.15) is 0 Å². The van der Waals surface area contributed by atoms with Gasteiger partial charge in [0.15, 0.2) is 0 Å². The fraction of sp³-hybridized carbons (Fsp3) is 0.346. The molecule has 178 valence electrons. The van der Waals surface area contributed by atoms with Gasteiger partial charge in [0.2, 0.25) is 0 Å². The lowest BCUT2D eigenvalue weighted by atomic mass is 10.1. The topological polar surface area (TPSA) is 69.7 Å². The third-order valence-electron chi connectivity index (χ3n) is 6.57. The first-order chi connectivity index (χ1) is 16.4. The monoisotopic (exact) mass is 541 g/mol. The molecule has 1 aliphatic heterocycles. The molecule has 0 unspecified atom stereocenters. The van der Waals surface area contributed by atoms with E-state index in [-0.39, 0.29) is 10.8 Å². The van der Waals surface area contributed by atoms with Crippen molar-refractivity contribution < 1.29 is 13.2 Å². The Balaban J connectivity index is 1.33. The molecule has 1 saturated carbocycles. The molecule has 0 spiro atoms. The number of hydrogen-bond donors (Lipinski definition) is 1. The van der Waals surface area contributed by atoms with Gasteiger partial charge in [0, 0.05) is 36.3 Å². The van der Waals surface area contributed by atoms with Crippen LogP contribution in [0.3, 0.4) is 0 Å². The summed E-state index contributed by atoms with van der Waals surface area (Å²) in [7, 11) is -3.80. The molecule has 5 rings (SSSR count). The normalized spacial score (nSPS) is 17.5. The molecule has 1 aliphatic carbocycles. The van der Waals surface area contributed by atoms with Crippen LogP contribution >= 0.6 is 15.9 Å². The van der Waals surface area contributed by atoms with E-state index in [4.69, 9.17) is 0 Å². The lowest BCUT2D eigenvalue weighted by Crippen LogP contribution is -2.36. The van der Waals surface area contributed by atoms with Gasteiger partial charge in [-0.25, -0.2) is 8.42 Å². The number of fused-ring (bicyclic) bond motifs is 1. The van der Waals surface area contributed by atoms with Crippen molar-refractivity contribution in [3.63, 3.8) is 0 Å². The molecule has 0 bridgehead atoms. The van der Waals surface area contributed by atoms with E-state index in [1.165, 1.54) is 12.8 Å². The first-order valence-electron chi connectivity index (χ1n) is 11.7. The molecular weight excluding hydrogens is 514 g/mol. The van der Waals surface area contributed by atoms with Crippen molar-refractivity contribution in [1.82, 2.24) is 9.80 Å². The van der Waals surface area contributed by atoms with E-state index in [2.05, 4.69) is 25.6 Å². The Labute approximate surface area is 209 Å². The predicted octanol–water partition coefficient (Wildman–Crippen LogP) is 4.96. The Hall–Kier alpha value is -2.42. The molecule has 1 heterocycles. The summed E-state index contributed by atoms with van der Waals surface area (Å²) >= 11 is 3.49. The molecule has 2 aliphatic rings. The van der Waals surface area contributed by atoms with Crippen LogP contribution in [0.1, 0.15) is 29.6 Å². The van der Waals surface area contributed by atoms with Gasteiger partial charge in [-0.15, -0.1) is 0 Å². The molecule has 1 N–H and O–H groups in total. The van der Waals surface area contributed by atoms with Gasteiger partial charge in [-0.05, 0) is 88.8 Å². The number of halogens is 1. The van der Waals surface area contributed by atoms with Crippen LogP contribution < -0.4 is 4.72 Å². The van der Waals surface area contributed by atoms with Crippen molar-refractivity contribution in [1.29, 1.82) is 0 Å². The van der Waals surface area contributed by atoms with Crippen LogP contribution in [-0.4, -0.2) is 56.8 Å². The number of anilines is 1. The van der Waals surface area contributed by atoms with Gasteiger partial charge in [0.05, 0.1) is 10.5 Å². The Morgan fingerprint density at radius 2 is 1.74 bits per heavy atom. The average Bonchev–Trinajstić information content (AvgIpc) is 3.67. The van der Waals surface area contributed by atoms with Crippen LogP contribution in [0.25, 0.3) is 10.8 Å². The summed E-state index contributed by atoms with van der Waals surface area (Å²) < 4.78 is 29.4. The van der Waals surface area contributed by atoms with Gasteiger partial charge in [0.25, 0.3) is 15.9 Å². The number of rotatable bonds is 6. The molecule has 3 aromatic rings. The summed E-state index contributed by atoms with van der Waals surface area (Å²) in [6.07, 6.45) is 3.60. The molecule has 0 aromatic heterocycles. The highest BCUT2D eigenvalue weighted by Gasteiger charge is 2.27. The van der Waals surface area contributed by atoms with Crippen molar-refractivity contribution in [3.05, 3.63) is 70.7 Å². The number of sulfonamides is 1. The zero-order valence-electron chi connectivity index (χ0n) is 18.9. The second-order valence-electron chi connectivity index (χ2n) is 9.20. The fourth-order valence-electron chi connectivity index (χ4n) is 4.49. The maximum absolute atomic E-state index is 13.3. The summed E-state index contributed by atoms with van der Waals surface area (Å²) in [4.78, 5) is 17.9. The van der Waals surface area contributed by atoms with Crippen molar-refractivity contribution in [3.8, 4) is 0 Å². The van der Waals surface area contributed by atoms with E-state index in [9.17, 15) is 13.2 Å². The zero-order valence-corrected chi connectivity index (χ0v) is 21.3.